The molecule has 0 aliphatic heterocycles. The summed E-state index contributed by atoms with van der Waals surface area (Å²) in [5.74, 6) is 0.161. The van der Waals surface area contributed by atoms with Crippen LogP contribution in [0.4, 0.5) is 0 Å². The number of nitrogens with one attached hydrogen (secondary N) is 1. The number of methoxy groups -OCH3 is 1. The van der Waals surface area contributed by atoms with Crippen LogP contribution in [0.15, 0.2) is 18.2 Å². The fourth-order valence-electron chi connectivity index (χ4n) is 2.31. The highest BCUT2D eigenvalue weighted by molar-refractivity contribution is 5.97. The Bertz CT molecular complexity index is 453. The number of phenolic OH excluding ortho intramolecular Hbond substituents is 1. The van der Waals surface area contributed by atoms with E-state index in [1.165, 1.54) is 19.2 Å². The fraction of sp³-hybridized carbons (Fsp3) is 0.500. The molecule has 0 spiro atoms. The molecule has 1 amide bonds. The lowest BCUT2D eigenvalue weighted by atomic mass is 9.93. The lowest BCUT2D eigenvalue weighted by molar-refractivity contribution is 0.0865. The van der Waals surface area contributed by atoms with Crippen LogP contribution in [-0.4, -0.2) is 35.4 Å². The number of amides is 1. The Hall–Kier alpha value is -1.75. The van der Waals surface area contributed by atoms with Crippen LogP contribution in [0.1, 0.15) is 36.0 Å². The van der Waals surface area contributed by atoms with E-state index in [-0.39, 0.29) is 29.4 Å². The number of hydrogen-bond acceptors (Lipinski definition) is 4. The predicted molar refractivity (Wildman–Crippen MR) is 70.4 cm³/mol. The zero-order valence-electron chi connectivity index (χ0n) is 10.9. The zero-order valence-corrected chi connectivity index (χ0v) is 10.9. The standard InChI is InChI=1S/C14H19NO4/c1-19-11-6-7-13(17)12(8-11)14(18)15-9-2-4-10(16)5-3-9/h6-10,16-17H,2-5H2,1H3,(H,15,18). The van der Waals surface area contributed by atoms with Crippen molar-refractivity contribution in [2.75, 3.05) is 7.11 Å². The molecule has 5 nitrogen and oxygen atoms in total. The minimum Gasteiger partial charge on any atom is -0.507 e. The number of aliphatic hydroxyl groups excluding tert-OH is 1. The number of aromatic hydroxyl groups is 1. The van der Waals surface area contributed by atoms with Crippen LogP contribution in [0, 0.1) is 0 Å². The molecule has 104 valence electrons. The quantitative estimate of drug-likeness (QED) is 0.772. The minimum atomic E-state index is -0.308. The van der Waals surface area contributed by atoms with E-state index in [2.05, 4.69) is 5.32 Å². The predicted octanol–water partition coefficient (Wildman–Crippen LogP) is 1.43. The largest absolute Gasteiger partial charge is 0.507 e. The summed E-state index contributed by atoms with van der Waals surface area (Å²) in [6, 6.07) is 4.62. The molecule has 0 bridgehead atoms. The number of benzene rings is 1. The highest BCUT2D eigenvalue weighted by Gasteiger charge is 2.22. The van der Waals surface area contributed by atoms with Crippen LogP contribution in [0.25, 0.3) is 0 Å². The van der Waals surface area contributed by atoms with Gasteiger partial charge in [0.2, 0.25) is 0 Å². The third kappa shape index (κ3) is 3.38. The number of rotatable bonds is 3. The molecule has 0 atom stereocenters. The van der Waals surface area contributed by atoms with Gasteiger partial charge in [0.05, 0.1) is 18.8 Å². The topological polar surface area (TPSA) is 78.8 Å². The molecule has 0 aromatic heterocycles. The zero-order chi connectivity index (χ0) is 13.8. The maximum absolute atomic E-state index is 12.1. The normalized spacial score (nSPS) is 22.8. The molecule has 0 saturated heterocycles. The molecule has 1 saturated carbocycles. The van der Waals surface area contributed by atoms with Crippen molar-refractivity contribution in [3.05, 3.63) is 23.8 Å². The van der Waals surface area contributed by atoms with Gasteiger partial charge in [0, 0.05) is 6.04 Å². The van der Waals surface area contributed by atoms with Crippen molar-refractivity contribution in [1.82, 2.24) is 5.32 Å². The second-order valence-electron chi connectivity index (χ2n) is 4.86. The van der Waals surface area contributed by atoms with Crippen molar-refractivity contribution in [1.29, 1.82) is 0 Å². The number of carbonyl (C=O) groups excluding carboxylic acids is 1. The monoisotopic (exact) mass is 265 g/mol. The van der Waals surface area contributed by atoms with Gasteiger partial charge in [0.15, 0.2) is 0 Å². The molecule has 1 aliphatic rings. The first-order chi connectivity index (χ1) is 9.10. The van der Waals surface area contributed by atoms with Crippen molar-refractivity contribution >= 4 is 5.91 Å². The number of aliphatic hydroxyl groups is 1. The van der Waals surface area contributed by atoms with Gasteiger partial charge in [-0.2, -0.15) is 0 Å². The molecule has 3 N–H and O–H groups in total. The number of hydrogen-bond donors (Lipinski definition) is 3. The van der Waals surface area contributed by atoms with Gasteiger partial charge in [-0.1, -0.05) is 0 Å². The summed E-state index contributed by atoms with van der Waals surface area (Å²) >= 11 is 0. The van der Waals surface area contributed by atoms with E-state index in [1.807, 2.05) is 0 Å². The summed E-state index contributed by atoms with van der Waals surface area (Å²) in [6.45, 7) is 0. The molecular formula is C14H19NO4. The van der Waals surface area contributed by atoms with E-state index >= 15 is 0 Å². The molecule has 1 aromatic rings. The number of phenols is 1. The first-order valence-corrected chi connectivity index (χ1v) is 6.46. The Morgan fingerprint density at radius 1 is 1.32 bits per heavy atom. The van der Waals surface area contributed by atoms with Gasteiger partial charge in [0.1, 0.15) is 11.5 Å². The molecule has 2 rings (SSSR count). The van der Waals surface area contributed by atoms with Gasteiger partial charge in [-0.3, -0.25) is 4.79 Å². The summed E-state index contributed by atoms with van der Waals surface area (Å²) in [5.41, 5.74) is 0.213. The second kappa shape index (κ2) is 5.93. The Morgan fingerprint density at radius 2 is 2.00 bits per heavy atom. The number of ether oxygens (including phenoxy) is 1. The third-order valence-corrected chi connectivity index (χ3v) is 3.48. The van der Waals surface area contributed by atoms with E-state index in [0.717, 1.165) is 12.8 Å². The van der Waals surface area contributed by atoms with Crippen LogP contribution < -0.4 is 10.1 Å². The third-order valence-electron chi connectivity index (χ3n) is 3.48. The SMILES string of the molecule is COc1ccc(O)c(C(=O)NC2CCC(O)CC2)c1. The molecule has 1 aromatic carbocycles. The van der Waals surface area contributed by atoms with E-state index < -0.39 is 0 Å². The lowest BCUT2D eigenvalue weighted by Gasteiger charge is -2.26. The Morgan fingerprint density at radius 3 is 2.63 bits per heavy atom. The van der Waals surface area contributed by atoms with Crippen LogP contribution in [0.3, 0.4) is 0 Å². The molecule has 1 aliphatic carbocycles. The van der Waals surface area contributed by atoms with E-state index in [1.54, 1.807) is 6.07 Å². The van der Waals surface area contributed by atoms with E-state index in [9.17, 15) is 15.0 Å². The fourth-order valence-corrected chi connectivity index (χ4v) is 2.31. The summed E-state index contributed by atoms with van der Waals surface area (Å²) < 4.78 is 5.04. The summed E-state index contributed by atoms with van der Waals surface area (Å²) in [6.07, 6.45) is 2.68. The number of carbonyl (C=O) groups is 1. The van der Waals surface area contributed by atoms with Gasteiger partial charge in [0.25, 0.3) is 5.91 Å². The summed E-state index contributed by atoms with van der Waals surface area (Å²) in [7, 11) is 1.51. The van der Waals surface area contributed by atoms with Crippen LogP contribution in [0.2, 0.25) is 0 Å². The first-order valence-electron chi connectivity index (χ1n) is 6.46. The average Bonchev–Trinajstić information content (AvgIpc) is 2.42. The Labute approximate surface area is 112 Å². The molecule has 5 heteroatoms. The molecule has 1 fully saturated rings. The molecular weight excluding hydrogens is 246 g/mol. The lowest BCUT2D eigenvalue weighted by Crippen LogP contribution is -2.38. The van der Waals surface area contributed by atoms with Gasteiger partial charge < -0.3 is 20.3 Å². The van der Waals surface area contributed by atoms with Gasteiger partial charge in [-0.25, -0.2) is 0 Å². The van der Waals surface area contributed by atoms with Gasteiger partial charge in [-0.15, -0.1) is 0 Å². The van der Waals surface area contributed by atoms with Crippen molar-refractivity contribution in [3.63, 3.8) is 0 Å². The van der Waals surface area contributed by atoms with Gasteiger partial charge >= 0.3 is 0 Å². The first kappa shape index (κ1) is 13.7. The van der Waals surface area contributed by atoms with E-state index in [0.29, 0.717) is 18.6 Å². The smallest absolute Gasteiger partial charge is 0.255 e. The highest BCUT2D eigenvalue weighted by Crippen LogP contribution is 2.24. The van der Waals surface area contributed by atoms with Gasteiger partial charge in [-0.05, 0) is 43.9 Å². The van der Waals surface area contributed by atoms with Crippen LogP contribution in [0.5, 0.6) is 11.5 Å². The minimum absolute atomic E-state index is 0.0569. The second-order valence-corrected chi connectivity index (χ2v) is 4.86. The average molecular weight is 265 g/mol. The molecule has 0 radical (unpaired) electrons. The van der Waals surface area contributed by atoms with Crippen LogP contribution in [-0.2, 0) is 0 Å². The van der Waals surface area contributed by atoms with Crippen LogP contribution >= 0.6 is 0 Å². The van der Waals surface area contributed by atoms with E-state index in [4.69, 9.17) is 4.74 Å². The van der Waals surface area contributed by atoms with Crippen molar-refractivity contribution in [3.8, 4) is 11.5 Å². The Balaban J connectivity index is 2.03. The maximum atomic E-state index is 12.1. The highest BCUT2D eigenvalue weighted by atomic mass is 16.5. The maximum Gasteiger partial charge on any atom is 0.255 e. The molecule has 0 heterocycles. The summed E-state index contributed by atoms with van der Waals surface area (Å²) in [5, 5.41) is 22.0. The van der Waals surface area contributed by atoms with Crippen molar-refractivity contribution < 1.29 is 19.7 Å². The Kier molecular flexibility index (Phi) is 4.27. The molecule has 0 unspecified atom stereocenters. The molecule has 19 heavy (non-hydrogen) atoms. The summed E-state index contributed by atoms with van der Waals surface area (Å²) in [4.78, 5) is 12.1. The van der Waals surface area contributed by atoms with Crippen molar-refractivity contribution in [2.24, 2.45) is 0 Å². The van der Waals surface area contributed by atoms with Crippen molar-refractivity contribution in [2.45, 2.75) is 37.8 Å².